The van der Waals surface area contributed by atoms with Gasteiger partial charge in [0.05, 0.1) is 5.83 Å². The fourth-order valence-corrected chi connectivity index (χ4v) is 1.99. The van der Waals surface area contributed by atoms with Gasteiger partial charge < -0.3 is 0 Å². The predicted molar refractivity (Wildman–Crippen MR) is 66.4 cm³/mol. The molecule has 0 radical (unpaired) electrons. The Hall–Kier alpha value is -0.820. The Morgan fingerprint density at radius 1 is 1.31 bits per heavy atom. The first-order valence-electron chi connectivity index (χ1n) is 5.68. The lowest BCUT2D eigenvalue weighted by Crippen LogP contribution is -2.04. The van der Waals surface area contributed by atoms with Crippen LogP contribution in [0.25, 0.3) is 0 Å². The molecule has 1 saturated carbocycles. The van der Waals surface area contributed by atoms with Gasteiger partial charge in [0.1, 0.15) is 0 Å². The van der Waals surface area contributed by atoms with E-state index in [1.807, 2.05) is 38.1 Å². The summed E-state index contributed by atoms with van der Waals surface area (Å²) in [5.41, 5.74) is 1.12. The van der Waals surface area contributed by atoms with E-state index in [0.717, 1.165) is 17.9 Å². The molecule has 0 N–H and O–H groups in total. The number of rotatable bonds is 3. The van der Waals surface area contributed by atoms with Gasteiger partial charge >= 0.3 is 0 Å². The van der Waals surface area contributed by atoms with E-state index >= 15 is 0 Å². The number of hydrogen-bond acceptors (Lipinski definition) is 0. The molecule has 16 heavy (non-hydrogen) atoms. The highest BCUT2D eigenvalue weighted by molar-refractivity contribution is 6.30. The van der Waals surface area contributed by atoms with Gasteiger partial charge in [-0.25, -0.2) is 4.39 Å². The maximum Gasteiger partial charge on any atom is 0.0994 e. The van der Waals surface area contributed by atoms with Crippen molar-refractivity contribution < 1.29 is 4.39 Å². The molecule has 1 fully saturated rings. The van der Waals surface area contributed by atoms with Crippen LogP contribution in [-0.4, -0.2) is 0 Å². The van der Waals surface area contributed by atoms with Crippen LogP contribution < -0.4 is 0 Å². The van der Waals surface area contributed by atoms with Crippen molar-refractivity contribution in [3.05, 3.63) is 46.8 Å². The van der Waals surface area contributed by atoms with Crippen LogP contribution in [0.3, 0.4) is 0 Å². The Kier molecular flexibility index (Phi) is 3.07. The largest absolute Gasteiger partial charge is 0.212 e. The predicted octanol–water partition coefficient (Wildman–Crippen LogP) is 4.88. The quantitative estimate of drug-likeness (QED) is 0.704. The summed E-state index contributed by atoms with van der Waals surface area (Å²) in [6, 6.07) is 7.75. The van der Waals surface area contributed by atoms with E-state index < -0.39 is 0 Å². The van der Waals surface area contributed by atoms with Crippen LogP contribution in [0.2, 0.25) is 5.02 Å². The zero-order valence-electron chi connectivity index (χ0n) is 9.63. The Balaban J connectivity index is 2.27. The van der Waals surface area contributed by atoms with Gasteiger partial charge in [-0.3, -0.25) is 0 Å². The molecule has 2 rings (SSSR count). The van der Waals surface area contributed by atoms with E-state index in [4.69, 9.17) is 11.6 Å². The third kappa shape index (κ3) is 2.30. The van der Waals surface area contributed by atoms with Gasteiger partial charge in [0, 0.05) is 16.4 Å². The van der Waals surface area contributed by atoms with Crippen LogP contribution >= 0.6 is 11.6 Å². The van der Waals surface area contributed by atoms with Gasteiger partial charge in [-0.1, -0.05) is 37.6 Å². The second kappa shape index (κ2) is 4.21. The summed E-state index contributed by atoms with van der Waals surface area (Å²) in [7, 11) is 0. The summed E-state index contributed by atoms with van der Waals surface area (Å²) in [6.07, 6.45) is 3.87. The summed E-state index contributed by atoms with van der Waals surface area (Å²) >= 11 is 5.85. The van der Waals surface area contributed by atoms with Crippen LogP contribution in [0.4, 0.5) is 4.39 Å². The molecule has 0 aromatic heterocycles. The molecule has 0 spiro atoms. The second-order valence-corrected chi connectivity index (χ2v) is 5.28. The van der Waals surface area contributed by atoms with Crippen molar-refractivity contribution in [3.8, 4) is 0 Å². The van der Waals surface area contributed by atoms with Crippen LogP contribution in [-0.2, 0) is 5.41 Å². The molecule has 0 aliphatic heterocycles. The molecular weight excluding hydrogens is 223 g/mol. The van der Waals surface area contributed by atoms with Gasteiger partial charge in [-0.15, -0.1) is 0 Å². The van der Waals surface area contributed by atoms with Gasteiger partial charge in [0.15, 0.2) is 0 Å². The minimum atomic E-state index is -0.0566. The standard InChI is InChI=1S/C14H16ClF/c1-10(2)13(16)9-14(7-8-14)11-3-5-12(15)6-4-11/h3-6,9-10H,7-8H2,1-2H3/b13-9+. The zero-order valence-corrected chi connectivity index (χ0v) is 10.4. The van der Waals surface area contributed by atoms with E-state index in [1.54, 1.807) is 6.08 Å². The summed E-state index contributed by atoms with van der Waals surface area (Å²) in [5.74, 6) is -0.0303. The lowest BCUT2D eigenvalue weighted by atomic mass is 9.94. The average Bonchev–Trinajstić information content (AvgIpc) is 2.99. The summed E-state index contributed by atoms with van der Waals surface area (Å²) < 4.78 is 13.7. The molecule has 0 unspecified atom stereocenters. The molecule has 2 heteroatoms. The van der Waals surface area contributed by atoms with Gasteiger partial charge in [-0.05, 0) is 36.6 Å². The number of allylic oxidation sites excluding steroid dienone is 2. The first kappa shape index (κ1) is 11.7. The van der Waals surface area contributed by atoms with Crippen molar-refractivity contribution >= 4 is 11.6 Å². The molecule has 0 nitrogen and oxygen atoms in total. The molecule has 1 aliphatic rings. The lowest BCUT2D eigenvalue weighted by Gasteiger charge is -2.12. The Labute approximate surface area is 101 Å². The van der Waals surface area contributed by atoms with Crippen molar-refractivity contribution in [2.75, 3.05) is 0 Å². The molecular formula is C14H16ClF. The smallest absolute Gasteiger partial charge is 0.0994 e. The molecule has 86 valence electrons. The first-order chi connectivity index (χ1) is 7.53. The molecule has 0 amide bonds. The fraction of sp³-hybridized carbons (Fsp3) is 0.429. The third-order valence-corrected chi connectivity index (χ3v) is 3.43. The van der Waals surface area contributed by atoms with Crippen molar-refractivity contribution in [1.29, 1.82) is 0 Å². The van der Waals surface area contributed by atoms with Crippen molar-refractivity contribution in [2.45, 2.75) is 32.1 Å². The molecule has 0 saturated heterocycles. The van der Waals surface area contributed by atoms with Crippen LogP contribution in [0.5, 0.6) is 0 Å². The Morgan fingerprint density at radius 3 is 2.31 bits per heavy atom. The SMILES string of the molecule is CC(C)/C(F)=C\C1(c2ccc(Cl)cc2)CC1. The molecule has 1 aromatic carbocycles. The summed E-state index contributed by atoms with van der Waals surface area (Å²) in [5, 5.41) is 0.730. The average molecular weight is 239 g/mol. The monoisotopic (exact) mass is 238 g/mol. The topological polar surface area (TPSA) is 0 Å². The Morgan fingerprint density at radius 2 is 1.88 bits per heavy atom. The van der Waals surface area contributed by atoms with Gasteiger partial charge in [-0.2, -0.15) is 0 Å². The molecule has 0 heterocycles. The van der Waals surface area contributed by atoms with E-state index in [9.17, 15) is 4.39 Å². The van der Waals surface area contributed by atoms with Crippen LogP contribution in [0.1, 0.15) is 32.3 Å². The third-order valence-electron chi connectivity index (χ3n) is 3.17. The minimum absolute atomic E-state index is 0.00699. The molecule has 1 aromatic rings. The number of hydrogen-bond donors (Lipinski definition) is 0. The van der Waals surface area contributed by atoms with Crippen LogP contribution in [0.15, 0.2) is 36.2 Å². The Bertz CT molecular complexity index is 399. The van der Waals surface area contributed by atoms with Crippen molar-refractivity contribution in [1.82, 2.24) is 0 Å². The van der Waals surface area contributed by atoms with Crippen molar-refractivity contribution in [3.63, 3.8) is 0 Å². The van der Waals surface area contributed by atoms with E-state index in [0.29, 0.717) is 0 Å². The van der Waals surface area contributed by atoms with E-state index in [-0.39, 0.29) is 17.2 Å². The van der Waals surface area contributed by atoms with Crippen molar-refractivity contribution in [2.24, 2.45) is 5.92 Å². The van der Waals surface area contributed by atoms with Gasteiger partial charge in [0.25, 0.3) is 0 Å². The number of halogens is 2. The lowest BCUT2D eigenvalue weighted by molar-refractivity contribution is 0.509. The van der Waals surface area contributed by atoms with E-state index in [1.165, 1.54) is 5.56 Å². The zero-order chi connectivity index (χ0) is 11.8. The van der Waals surface area contributed by atoms with E-state index in [2.05, 4.69) is 0 Å². The number of benzene rings is 1. The normalized spacial score (nSPS) is 18.9. The highest BCUT2D eigenvalue weighted by Gasteiger charge is 2.42. The highest BCUT2D eigenvalue weighted by Crippen LogP contribution is 2.50. The molecule has 1 aliphatic carbocycles. The summed E-state index contributed by atoms with van der Waals surface area (Å²) in [6.45, 7) is 3.76. The fourth-order valence-electron chi connectivity index (χ4n) is 1.86. The van der Waals surface area contributed by atoms with Crippen LogP contribution in [0, 0.1) is 5.92 Å². The minimum Gasteiger partial charge on any atom is -0.212 e. The maximum atomic E-state index is 13.7. The maximum absolute atomic E-state index is 13.7. The molecule has 0 atom stereocenters. The molecule has 0 bridgehead atoms. The van der Waals surface area contributed by atoms with Gasteiger partial charge in [0.2, 0.25) is 0 Å². The second-order valence-electron chi connectivity index (χ2n) is 4.85. The highest BCUT2D eigenvalue weighted by atomic mass is 35.5. The summed E-state index contributed by atoms with van der Waals surface area (Å²) in [4.78, 5) is 0. The first-order valence-corrected chi connectivity index (χ1v) is 6.06.